The maximum atomic E-state index is 11.9. The number of rotatable bonds is 9. The molecule has 0 spiro atoms. The number of anilines is 1. The number of carbonyl (C=O) groups is 2. The van der Waals surface area contributed by atoms with Crippen molar-refractivity contribution in [2.75, 3.05) is 11.9 Å². The van der Waals surface area contributed by atoms with Crippen molar-refractivity contribution in [2.24, 2.45) is 0 Å². The second kappa shape index (κ2) is 10.3. The summed E-state index contributed by atoms with van der Waals surface area (Å²) < 4.78 is 6.21. The normalized spacial score (nSPS) is 10.4. The molecule has 0 atom stereocenters. The molecule has 0 radical (unpaired) electrons. The van der Waals surface area contributed by atoms with Crippen molar-refractivity contribution in [3.05, 3.63) is 59.1 Å². The minimum Gasteiger partial charge on any atom is -0.456 e. The van der Waals surface area contributed by atoms with Gasteiger partial charge in [-0.05, 0) is 49.1 Å². The average Bonchev–Trinajstić information content (AvgIpc) is 3.14. The highest BCUT2D eigenvalue weighted by Crippen LogP contribution is 2.22. The van der Waals surface area contributed by atoms with E-state index >= 15 is 0 Å². The molecule has 7 heteroatoms. The Morgan fingerprint density at radius 3 is 2.66 bits per heavy atom. The molecule has 1 aromatic heterocycles. The van der Waals surface area contributed by atoms with Crippen LogP contribution in [0.1, 0.15) is 29.8 Å². The van der Waals surface area contributed by atoms with Crippen LogP contribution in [-0.4, -0.2) is 23.5 Å². The Labute approximate surface area is 173 Å². The van der Waals surface area contributed by atoms with Gasteiger partial charge in [0.15, 0.2) is 6.61 Å². The van der Waals surface area contributed by atoms with Gasteiger partial charge in [-0.15, -0.1) is 11.3 Å². The maximum Gasteiger partial charge on any atom is 0.306 e. The number of hydrogen-bond donors (Lipinski definition) is 1. The Morgan fingerprint density at radius 1 is 1.10 bits per heavy atom. The smallest absolute Gasteiger partial charge is 0.306 e. The Hall–Kier alpha value is -3.24. The van der Waals surface area contributed by atoms with Gasteiger partial charge in [-0.25, -0.2) is 4.98 Å². The highest BCUT2D eigenvalue weighted by Gasteiger charge is 2.09. The van der Waals surface area contributed by atoms with E-state index in [1.54, 1.807) is 35.6 Å². The first-order chi connectivity index (χ1) is 14.1. The first kappa shape index (κ1) is 20.5. The molecule has 0 aliphatic heterocycles. The fraction of sp³-hybridized carbons (Fsp3) is 0.273. The number of thiazole rings is 1. The molecule has 29 heavy (non-hydrogen) atoms. The molecule has 6 nitrogen and oxygen atoms in total. The van der Waals surface area contributed by atoms with Crippen molar-refractivity contribution >= 4 is 39.1 Å². The van der Waals surface area contributed by atoms with E-state index in [0.717, 1.165) is 28.9 Å². The van der Waals surface area contributed by atoms with Gasteiger partial charge in [0.2, 0.25) is 0 Å². The summed E-state index contributed by atoms with van der Waals surface area (Å²) in [4.78, 5) is 28.3. The van der Waals surface area contributed by atoms with Crippen LogP contribution in [0.15, 0.2) is 48.5 Å². The monoisotopic (exact) mass is 407 g/mol. The van der Waals surface area contributed by atoms with Crippen LogP contribution in [0.5, 0.6) is 0 Å². The van der Waals surface area contributed by atoms with Gasteiger partial charge >= 0.3 is 5.97 Å². The van der Waals surface area contributed by atoms with Gasteiger partial charge in [0.1, 0.15) is 0 Å². The van der Waals surface area contributed by atoms with E-state index < -0.39 is 0 Å². The number of fused-ring (bicyclic) bond motifs is 1. The summed E-state index contributed by atoms with van der Waals surface area (Å²) in [5.41, 5.74) is 2.49. The summed E-state index contributed by atoms with van der Waals surface area (Å²) in [5, 5.41) is 12.4. The van der Waals surface area contributed by atoms with Crippen molar-refractivity contribution in [2.45, 2.75) is 32.1 Å². The van der Waals surface area contributed by atoms with Gasteiger partial charge < -0.3 is 10.1 Å². The molecule has 1 amide bonds. The summed E-state index contributed by atoms with van der Waals surface area (Å²) in [6.45, 7) is -0.309. The molecule has 0 unspecified atom stereocenters. The van der Waals surface area contributed by atoms with E-state index in [1.165, 1.54) is 4.70 Å². The Morgan fingerprint density at radius 2 is 1.90 bits per heavy atom. The molecule has 1 N–H and O–H groups in total. The number of nitrogens with one attached hydrogen (secondary N) is 1. The summed E-state index contributed by atoms with van der Waals surface area (Å²) in [6.07, 6.45) is 2.97. The predicted octanol–water partition coefficient (Wildman–Crippen LogP) is 4.26. The van der Waals surface area contributed by atoms with Gasteiger partial charge in [-0.2, -0.15) is 5.26 Å². The van der Waals surface area contributed by atoms with Crippen LogP contribution in [0.3, 0.4) is 0 Å². The second-order valence-electron chi connectivity index (χ2n) is 6.52. The third-order valence-electron chi connectivity index (χ3n) is 4.24. The number of aromatic nitrogens is 1. The molecule has 0 saturated heterocycles. The maximum absolute atomic E-state index is 11.9. The number of esters is 1. The zero-order chi connectivity index (χ0) is 20.5. The third kappa shape index (κ3) is 6.40. The lowest BCUT2D eigenvalue weighted by molar-refractivity contribution is -0.147. The summed E-state index contributed by atoms with van der Waals surface area (Å²) in [6, 6.07) is 17.1. The number of carbonyl (C=O) groups excluding carboxylic acids is 2. The quantitative estimate of drug-likeness (QED) is 0.423. The number of benzene rings is 2. The lowest BCUT2D eigenvalue weighted by Gasteiger charge is -2.07. The summed E-state index contributed by atoms with van der Waals surface area (Å²) in [7, 11) is 0. The first-order valence-electron chi connectivity index (χ1n) is 9.40. The first-order valence-corrected chi connectivity index (χ1v) is 10.2. The number of hydrogen-bond acceptors (Lipinski definition) is 6. The molecule has 2 aromatic carbocycles. The molecule has 3 aromatic rings. The van der Waals surface area contributed by atoms with Crippen molar-refractivity contribution in [3.63, 3.8) is 0 Å². The molecule has 148 valence electrons. The van der Waals surface area contributed by atoms with Crippen LogP contribution in [-0.2, 0) is 27.2 Å². The third-order valence-corrected chi connectivity index (χ3v) is 5.34. The van der Waals surface area contributed by atoms with Crippen molar-refractivity contribution in [1.82, 2.24) is 4.98 Å². The van der Waals surface area contributed by atoms with Crippen LogP contribution >= 0.6 is 11.3 Å². The topological polar surface area (TPSA) is 92.1 Å². The number of para-hydroxylation sites is 1. The van der Waals surface area contributed by atoms with E-state index in [9.17, 15) is 9.59 Å². The second-order valence-corrected chi connectivity index (χ2v) is 7.64. The molecular formula is C22H21N3O3S. The van der Waals surface area contributed by atoms with Crippen LogP contribution in [0, 0.1) is 11.3 Å². The highest BCUT2D eigenvalue weighted by atomic mass is 32.1. The van der Waals surface area contributed by atoms with E-state index in [2.05, 4.69) is 22.4 Å². The Kier molecular flexibility index (Phi) is 7.31. The van der Waals surface area contributed by atoms with Crippen LogP contribution < -0.4 is 5.32 Å². The molecule has 1 heterocycles. The van der Waals surface area contributed by atoms with E-state index in [-0.39, 0.29) is 24.9 Å². The van der Waals surface area contributed by atoms with Crippen molar-refractivity contribution in [3.8, 4) is 6.07 Å². The lowest BCUT2D eigenvalue weighted by Crippen LogP contribution is -2.20. The molecule has 0 aliphatic carbocycles. The summed E-state index contributed by atoms with van der Waals surface area (Å²) >= 11 is 1.68. The van der Waals surface area contributed by atoms with Crippen molar-refractivity contribution < 1.29 is 14.3 Å². The minimum absolute atomic E-state index is 0.279. The van der Waals surface area contributed by atoms with Gasteiger partial charge in [0.25, 0.3) is 5.91 Å². The van der Waals surface area contributed by atoms with E-state index in [1.807, 2.05) is 18.2 Å². The van der Waals surface area contributed by atoms with Gasteiger partial charge in [0, 0.05) is 12.1 Å². The van der Waals surface area contributed by atoms with Gasteiger partial charge in [-0.3, -0.25) is 9.59 Å². The number of unbranched alkanes of at least 4 members (excludes halogenated alkanes) is 1. The average molecular weight is 407 g/mol. The van der Waals surface area contributed by atoms with Crippen LogP contribution in [0.25, 0.3) is 10.2 Å². The van der Waals surface area contributed by atoms with E-state index in [0.29, 0.717) is 18.5 Å². The van der Waals surface area contributed by atoms with E-state index in [4.69, 9.17) is 10.00 Å². The summed E-state index contributed by atoms with van der Waals surface area (Å²) in [5.74, 6) is -0.769. The Balaban J connectivity index is 1.32. The number of aryl methyl sites for hydroxylation is 1. The largest absolute Gasteiger partial charge is 0.456 e. The number of ether oxygens (including phenoxy) is 1. The molecule has 0 saturated carbocycles. The molecule has 0 aliphatic rings. The zero-order valence-electron chi connectivity index (χ0n) is 15.9. The SMILES string of the molecule is N#CCc1ccc(NC(=O)COC(=O)CCCCc2nc3ccccc3s2)cc1. The highest BCUT2D eigenvalue weighted by molar-refractivity contribution is 7.18. The zero-order valence-corrected chi connectivity index (χ0v) is 16.7. The van der Waals surface area contributed by atoms with Crippen LogP contribution in [0.4, 0.5) is 5.69 Å². The fourth-order valence-corrected chi connectivity index (χ4v) is 3.79. The van der Waals surface area contributed by atoms with Gasteiger partial charge in [-0.1, -0.05) is 24.3 Å². The predicted molar refractivity (Wildman–Crippen MR) is 113 cm³/mol. The molecule has 0 fully saturated rings. The van der Waals surface area contributed by atoms with Gasteiger partial charge in [0.05, 0.1) is 27.7 Å². The van der Waals surface area contributed by atoms with Crippen molar-refractivity contribution in [1.29, 1.82) is 5.26 Å². The minimum atomic E-state index is -0.388. The fourth-order valence-electron chi connectivity index (χ4n) is 2.78. The van der Waals surface area contributed by atoms with Crippen LogP contribution in [0.2, 0.25) is 0 Å². The standard InChI is InChI=1S/C22H21N3O3S/c23-14-13-16-9-11-17(12-10-16)24-20(26)15-28-22(27)8-4-3-7-21-25-18-5-1-2-6-19(18)29-21/h1-2,5-6,9-12H,3-4,7-8,13,15H2,(H,24,26). The molecular weight excluding hydrogens is 386 g/mol. The number of amides is 1. The lowest BCUT2D eigenvalue weighted by atomic mass is 10.1. The Bertz CT molecular complexity index is 989. The molecule has 0 bridgehead atoms. The number of nitrogens with zero attached hydrogens (tertiary/aromatic N) is 2. The number of nitriles is 1. The molecule has 3 rings (SSSR count).